The van der Waals surface area contributed by atoms with Gasteiger partial charge in [0.25, 0.3) is 7.47 Å². The molecule has 2 saturated heterocycles. The normalized spacial score (nSPS) is 37.6. The Morgan fingerprint density at radius 3 is 2.77 bits per heavy atom. The maximum atomic E-state index is 12.1. The molecule has 0 saturated carbocycles. The molecule has 2 unspecified atom stereocenters. The van der Waals surface area contributed by atoms with Gasteiger partial charge in [-0.3, -0.25) is 4.57 Å². The van der Waals surface area contributed by atoms with Crippen molar-refractivity contribution < 1.29 is 72.9 Å². The summed E-state index contributed by atoms with van der Waals surface area (Å²) in [6.07, 6.45) is -0.981. The maximum Gasteiger partial charge on any atom is 0.264 e. The molecule has 120 valence electrons. The summed E-state index contributed by atoms with van der Waals surface area (Å²) in [4.78, 5) is 0. The van der Waals surface area contributed by atoms with E-state index in [0.29, 0.717) is 6.42 Å². The second-order valence-corrected chi connectivity index (χ2v) is 6.51. The van der Waals surface area contributed by atoms with E-state index in [0.717, 1.165) is 0 Å². The number of aliphatic hydroxyl groups is 1. The van der Waals surface area contributed by atoms with Gasteiger partial charge < -0.3 is 28.4 Å². The zero-order chi connectivity index (χ0) is 15.5. The molecule has 0 amide bonds. The molecule has 6 atom stereocenters. The summed E-state index contributed by atoms with van der Waals surface area (Å²) in [7, 11) is 8.90. The van der Waals surface area contributed by atoms with E-state index in [1.807, 2.05) is 0 Å². The van der Waals surface area contributed by atoms with Gasteiger partial charge in [0.1, 0.15) is 14.0 Å². The Kier molecular flexibility index (Phi) is 9.58. The first-order valence-corrected chi connectivity index (χ1v) is 8.29. The minimum absolute atomic E-state index is 0. The second kappa shape index (κ2) is 9.81. The molecule has 0 aromatic carbocycles. The number of aliphatic hydroxyl groups excluding tert-OH is 1. The van der Waals surface area contributed by atoms with Crippen LogP contribution in [0.15, 0.2) is 0 Å². The first-order valence-electron chi connectivity index (χ1n) is 6.68. The van der Waals surface area contributed by atoms with Gasteiger partial charge in [-0.15, -0.1) is 6.42 Å². The van der Waals surface area contributed by atoms with Crippen molar-refractivity contribution in [3.8, 4) is 0 Å². The van der Waals surface area contributed by atoms with Crippen LogP contribution < -0.4 is 0 Å². The number of ether oxygens (including phenoxy) is 3. The Balaban J connectivity index is 0.00000242. The Morgan fingerprint density at radius 2 is 2.14 bits per heavy atom. The van der Waals surface area contributed by atoms with E-state index in [-0.39, 0.29) is 71.8 Å². The van der Waals surface area contributed by atoms with Crippen LogP contribution in [-0.2, 0) is 27.8 Å². The molecule has 2 fully saturated rings. The minimum atomic E-state index is -3.80. The van der Waals surface area contributed by atoms with E-state index in [1.54, 1.807) is 13.7 Å². The Hall–Kier alpha value is 1.44. The van der Waals surface area contributed by atoms with Gasteiger partial charge in [0.05, 0.1) is 31.5 Å². The van der Waals surface area contributed by atoms with Gasteiger partial charge in [-0.2, -0.15) is 0 Å². The molecule has 0 bridgehead atoms. The van der Waals surface area contributed by atoms with Crippen molar-refractivity contribution in [2.24, 2.45) is 0 Å². The van der Waals surface area contributed by atoms with Crippen molar-refractivity contribution in [3.05, 3.63) is 6.61 Å². The van der Waals surface area contributed by atoms with Crippen molar-refractivity contribution in [3.63, 3.8) is 0 Å². The van der Waals surface area contributed by atoms with Crippen molar-refractivity contribution in [1.82, 2.24) is 0 Å². The largest absolute Gasteiger partial charge is 0.546 e. The average molecular weight is 547 g/mol. The van der Waals surface area contributed by atoms with E-state index in [4.69, 9.17) is 43.8 Å². The summed E-state index contributed by atoms with van der Waals surface area (Å²) in [6.45, 7) is 1.28. The molecule has 1 N–H and O–H groups in total. The summed E-state index contributed by atoms with van der Waals surface area (Å²) in [6, 6.07) is -0.585. The molecule has 0 aromatic heterocycles. The van der Waals surface area contributed by atoms with Crippen LogP contribution in [0, 0.1) is 46.5 Å². The average Bonchev–Trinajstić information content (AvgIpc) is 3.02. The maximum absolute atomic E-state index is 12.1. The van der Waals surface area contributed by atoms with Gasteiger partial charge in [-0.25, -0.2) is 6.61 Å². The summed E-state index contributed by atoms with van der Waals surface area (Å²) < 4.78 is 38.2. The van der Waals surface area contributed by atoms with Gasteiger partial charge in [0.2, 0.25) is 7.57 Å². The van der Waals surface area contributed by atoms with Crippen molar-refractivity contribution in [2.75, 3.05) is 20.3 Å². The Bertz CT molecular complexity index is 391. The van der Waals surface area contributed by atoms with Gasteiger partial charge >= 0.3 is 0 Å². The van der Waals surface area contributed by atoms with Crippen LogP contribution in [0.3, 0.4) is 0 Å². The molecule has 0 aromatic rings. The van der Waals surface area contributed by atoms with Crippen molar-refractivity contribution >= 4 is 22.9 Å². The first-order chi connectivity index (χ1) is 9.95. The Morgan fingerprint density at radius 1 is 1.41 bits per heavy atom. The van der Waals surface area contributed by atoms with Crippen LogP contribution in [0.2, 0.25) is 0 Å². The van der Waals surface area contributed by atoms with Crippen LogP contribution in [0.25, 0.3) is 0 Å². The summed E-state index contributed by atoms with van der Waals surface area (Å²) in [5.41, 5.74) is 0. The molecule has 2 rings (SSSR count). The van der Waals surface area contributed by atoms with E-state index in [2.05, 4.69) is 0 Å². The predicted octanol–water partition coefficient (Wildman–Crippen LogP) is -0.0937. The second-order valence-electron chi connectivity index (χ2n) is 4.96. The molecule has 2 heterocycles. The molecule has 7 nitrogen and oxygen atoms in total. The Labute approximate surface area is 165 Å². The monoisotopic (exact) mass is 547 g/mol. The van der Waals surface area contributed by atoms with Crippen LogP contribution in [0.1, 0.15) is 12.8 Å². The van der Waals surface area contributed by atoms with Crippen LogP contribution in [0.4, 0.5) is 0 Å². The third kappa shape index (κ3) is 6.06. The zero-order valence-corrected chi connectivity index (χ0v) is 17.3. The van der Waals surface area contributed by atoms with Crippen molar-refractivity contribution in [2.45, 2.75) is 43.3 Å². The van der Waals surface area contributed by atoms with Crippen molar-refractivity contribution in [1.29, 1.82) is 0 Å². The number of methoxy groups -OCH3 is 1. The fourth-order valence-electron chi connectivity index (χ4n) is 2.32. The molecule has 2 aliphatic heterocycles. The SMILES string of the molecule is [B][C@H]1CC(O[P@]([B])(=O)OC[C@H]2O[CH-]CC2OC)[C@@H](CO)O1.[Th]. The minimum Gasteiger partial charge on any atom is -0.546 e. The molecule has 0 aliphatic carbocycles. The van der Waals surface area contributed by atoms with Crippen LogP contribution in [0.5, 0.6) is 0 Å². The molecule has 11 heteroatoms. The summed E-state index contributed by atoms with van der Waals surface area (Å²) in [5.74, 6) is 0. The van der Waals surface area contributed by atoms with Gasteiger partial charge in [-0.1, -0.05) is 0 Å². The van der Waals surface area contributed by atoms with Gasteiger partial charge in [0, 0.05) is 53.1 Å². The topological polar surface area (TPSA) is 83.5 Å². The molecular formula is C11H18B2O7PTh-. The van der Waals surface area contributed by atoms with E-state index in [9.17, 15) is 4.57 Å². The van der Waals surface area contributed by atoms with E-state index in [1.165, 1.54) is 0 Å². The number of hydrogen-bond acceptors (Lipinski definition) is 7. The summed E-state index contributed by atoms with van der Waals surface area (Å²) in [5, 5.41) is 9.15. The van der Waals surface area contributed by atoms with Gasteiger partial charge in [-0.05, 0) is 6.42 Å². The molecular weight excluding hydrogens is 529 g/mol. The molecule has 22 heavy (non-hydrogen) atoms. The van der Waals surface area contributed by atoms with Gasteiger partial charge in [0.15, 0.2) is 0 Å². The fourth-order valence-corrected chi connectivity index (χ4v) is 3.34. The third-order valence-corrected chi connectivity index (χ3v) is 4.50. The van der Waals surface area contributed by atoms with E-state index >= 15 is 0 Å². The standard InChI is InChI=1S/C11H18B2O7P.Th/c1-16-7-2-3-17-10(7)6-18-21(13,15)20-8-4-11(12)19-9(8)5-14;/h3,7-11,14H,2,4-6H2,1H3;/q-1;/t7?,8?,9-,10-,11-,21-;/m1./s1. The first kappa shape index (κ1) is 21.5. The third-order valence-electron chi connectivity index (χ3n) is 3.43. The smallest absolute Gasteiger partial charge is 0.264 e. The van der Waals surface area contributed by atoms with Crippen LogP contribution >= 0.6 is 7.47 Å². The van der Waals surface area contributed by atoms with E-state index < -0.39 is 25.7 Å². The van der Waals surface area contributed by atoms with Crippen LogP contribution in [-0.4, -0.2) is 71.3 Å². The number of rotatable bonds is 7. The zero-order valence-electron chi connectivity index (χ0n) is 12.3. The molecule has 2 aliphatic rings. The predicted molar refractivity (Wildman–Crippen MR) is 74.9 cm³/mol. The molecule has 4 radical (unpaired) electrons. The fraction of sp³-hybridized carbons (Fsp3) is 0.909. The number of hydrogen-bond donors (Lipinski definition) is 1. The summed E-state index contributed by atoms with van der Waals surface area (Å²) >= 11 is 0. The quantitative estimate of drug-likeness (QED) is 0.271. The molecule has 0 spiro atoms.